The molecule has 0 aliphatic heterocycles. The van der Waals surface area contributed by atoms with Gasteiger partial charge in [-0.25, -0.2) is 5.43 Å². The quantitative estimate of drug-likeness (QED) is 0.804. The highest BCUT2D eigenvalue weighted by molar-refractivity contribution is 5.77. The SMILES string of the molecule is Cc1ccc(CNNC(=O)Cc2ccccc2)cc1. The number of nitrogens with one attached hydrogen (secondary N) is 2. The predicted molar refractivity (Wildman–Crippen MR) is 76.3 cm³/mol. The Morgan fingerprint density at radius 1 is 0.947 bits per heavy atom. The summed E-state index contributed by atoms with van der Waals surface area (Å²) >= 11 is 0. The molecule has 2 aromatic carbocycles. The summed E-state index contributed by atoms with van der Waals surface area (Å²) in [6.45, 7) is 2.68. The molecule has 0 fully saturated rings. The summed E-state index contributed by atoms with van der Waals surface area (Å²) in [5.74, 6) is -0.0293. The van der Waals surface area contributed by atoms with Gasteiger partial charge in [-0.3, -0.25) is 10.2 Å². The number of rotatable bonds is 5. The summed E-state index contributed by atoms with van der Waals surface area (Å²) in [6, 6.07) is 17.9. The molecule has 2 aromatic rings. The summed E-state index contributed by atoms with van der Waals surface area (Å²) in [5.41, 5.74) is 9.04. The number of carbonyl (C=O) groups is 1. The van der Waals surface area contributed by atoms with Crippen LogP contribution in [-0.4, -0.2) is 5.91 Å². The van der Waals surface area contributed by atoms with E-state index in [2.05, 4.69) is 29.9 Å². The average Bonchev–Trinajstić information content (AvgIpc) is 2.42. The maximum Gasteiger partial charge on any atom is 0.238 e. The zero-order valence-electron chi connectivity index (χ0n) is 11.0. The minimum absolute atomic E-state index is 0.0293. The molecule has 0 bridgehead atoms. The monoisotopic (exact) mass is 254 g/mol. The van der Waals surface area contributed by atoms with Crippen molar-refractivity contribution in [2.75, 3.05) is 0 Å². The van der Waals surface area contributed by atoms with Gasteiger partial charge in [-0.15, -0.1) is 0 Å². The number of hydrogen-bond donors (Lipinski definition) is 2. The normalized spacial score (nSPS) is 10.2. The molecular weight excluding hydrogens is 236 g/mol. The van der Waals surface area contributed by atoms with Gasteiger partial charge in [0.1, 0.15) is 0 Å². The first kappa shape index (κ1) is 13.3. The molecule has 0 saturated heterocycles. The fourth-order valence-electron chi connectivity index (χ4n) is 1.78. The van der Waals surface area contributed by atoms with Crippen molar-refractivity contribution >= 4 is 5.91 Å². The molecule has 0 heterocycles. The summed E-state index contributed by atoms with van der Waals surface area (Å²) in [5, 5.41) is 0. The molecule has 0 radical (unpaired) electrons. The molecule has 0 spiro atoms. The first-order valence-electron chi connectivity index (χ1n) is 6.35. The van der Waals surface area contributed by atoms with Gasteiger partial charge in [0.05, 0.1) is 6.42 Å². The van der Waals surface area contributed by atoms with E-state index >= 15 is 0 Å². The summed E-state index contributed by atoms with van der Waals surface area (Å²) < 4.78 is 0. The van der Waals surface area contributed by atoms with E-state index in [0.29, 0.717) is 13.0 Å². The van der Waals surface area contributed by atoms with Crippen LogP contribution in [-0.2, 0) is 17.8 Å². The number of carbonyl (C=O) groups excluding carboxylic acids is 1. The smallest absolute Gasteiger partial charge is 0.238 e. The highest BCUT2D eigenvalue weighted by Gasteiger charge is 2.01. The molecule has 3 heteroatoms. The van der Waals surface area contributed by atoms with Crippen molar-refractivity contribution in [2.24, 2.45) is 0 Å². The van der Waals surface area contributed by atoms with Crippen molar-refractivity contribution in [1.82, 2.24) is 10.9 Å². The van der Waals surface area contributed by atoms with Crippen molar-refractivity contribution in [1.29, 1.82) is 0 Å². The van der Waals surface area contributed by atoms with E-state index in [0.717, 1.165) is 11.1 Å². The zero-order chi connectivity index (χ0) is 13.5. The molecule has 0 aliphatic rings. The van der Waals surface area contributed by atoms with E-state index in [4.69, 9.17) is 0 Å². The van der Waals surface area contributed by atoms with Crippen molar-refractivity contribution in [3.8, 4) is 0 Å². The van der Waals surface area contributed by atoms with Gasteiger partial charge >= 0.3 is 0 Å². The number of hydrogen-bond acceptors (Lipinski definition) is 2. The van der Waals surface area contributed by atoms with Crippen molar-refractivity contribution in [2.45, 2.75) is 19.9 Å². The van der Waals surface area contributed by atoms with Crippen LogP contribution < -0.4 is 10.9 Å². The van der Waals surface area contributed by atoms with E-state index in [1.165, 1.54) is 5.56 Å². The van der Waals surface area contributed by atoms with Crippen molar-refractivity contribution < 1.29 is 4.79 Å². The minimum Gasteiger partial charge on any atom is -0.291 e. The van der Waals surface area contributed by atoms with Gasteiger partial charge in [-0.2, -0.15) is 0 Å². The molecule has 19 heavy (non-hydrogen) atoms. The van der Waals surface area contributed by atoms with E-state index < -0.39 is 0 Å². The van der Waals surface area contributed by atoms with Crippen molar-refractivity contribution in [3.05, 3.63) is 71.3 Å². The van der Waals surface area contributed by atoms with Gasteiger partial charge in [0, 0.05) is 6.54 Å². The van der Waals surface area contributed by atoms with Gasteiger partial charge < -0.3 is 0 Å². The maximum atomic E-state index is 11.7. The Morgan fingerprint density at radius 3 is 2.32 bits per heavy atom. The predicted octanol–water partition coefficient (Wildman–Crippen LogP) is 2.36. The van der Waals surface area contributed by atoms with E-state index in [-0.39, 0.29) is 5.91 Å². The average molecular weight is 254 g/mol. The van der Waals surface area contributed by atoms with E-state index in [9.17, 15) is 4.79 Å². The van der Waals surface area contributed by atoms with Crippen LogP contribution in [0.15, 0.2) is 54.6 Å². The Hall–Kier alpha value is -2.13. The van der Waals surface area contributed by atoms with Crippen LogP contribution in [0, 0.1) is 6.92 Å². The lowest BCUT2D eigenvalue weighted by molar-refractivity contribution is -0.121. The van der Waals surface area contributed by atoms with Crippen LogP contribution in [0.4, 0.5) is 0 Å². The van der Waals surface area contributed by atoms with Crippen LogP contribution >= 0.6 is 0 Å². The van der Waals surface area contributed by atoms with Crippen LogP contribution in [0.5, 0.6) is 0 Å². The number of aryl methyl sites for hydroxylation is 1. The topological polar surface area (TPSA) is 41.1 Å². The molecule has 0 aromatic heterocycles. The van der Waals surface area contributed by atoms with Gasteiger partial charge in [0.15, 0.2) is 0 Å². The Labute approximate surface area is 113 Å². The van der Waals surface area contributed by atoms with E-state index in [1.807, 2.05) is 42.5 Å². The molecule has 0 unspecified atom stereocenters. The lowest BCUT2D eigenvalue weighted by Gasteiger charge is -2.07. The Balaban J connectivity index is 1.74. The second-order valence-corrected chi connectivity index (χ2v) is 4.55. The molecule has 1 amide bonds. The fourth-order valence-corrected chi connectivity index (χ4v) is 1.78. The van der Waals surface area contributed by atoms with Crippen LogP contribution in [0.2, 0.25) is 0 Å². The second-order valence-electron chi connectivity index (χ2n) is 4.55. The Kier molecular flexibility index (Phi) is 4.70. The number of amides is 1. The molecular formula is C16H18N2O. The standard InChI is InChI=1S/C16H18N2O/c1-13-7-9-15(10-8-13)12-17-18-16(19)11-14-5-3-2-4-6-14/h2-10,17H,11-12H2,1H3,(H,18,19). The Bertz CT molecular complexity index is 520. The summed E-state index contributed by atoms with van der Waals surface area (Å²) in [4.78, 5) is 11.7. The van der Waals surface area contributed by atoms with Gasteiger partial charge in [-0.1, -0.05) is 60.2 Å². The molecule has 0 aliphatic carbocycles. The van der Waals surface area contributed by atoms with Gasteiger partial charge in [0.2, 0.25) is 5.91 Å². The number of benzene rings is 2. The third-order valence-electron chi connectivity index (χ3n) is 2.85. The largest absolute Gasteiger partial charge is 0.291 e. The summed E-state index contributed by atoms with van der Waals surface area (Å²) in [7, 11) is 0. The van der Waals surface area contributed by atoms with Crippen LogP contribution in [0.3, 0.4) is 0 Å². The molecule has 2 rings (SSSR count). The first-order chi connectivity index (χ1) is 9.24. The number of hydrazine groups is 1. The molecule has 3 nitrogen and oxygen atoms in total. The lowest BCUT2D eigenvalue weighted by atomic mass is 10.1. The zero-order valence-corrected chi connectivity index (χ0v) is 11.0. The first-order valence-corrected chi connectivity index (χ1v) is 6.35. The van der Waals surface area contributed by atoms with Gasteiger partial charge in [-0.05, 0) is 18.1 Å². The third kappa shape index (κ3) is 4.56. The minimum atomic E-state index is -0.0293. The molecule has 98 valence electrons. The highest BCUT2D eigenvalue weighted by atomic mass is 16.2. The molecule has 2 N–H and O–H groups in total. The molecule has 0 atom stereocenters. The third-order valence-corrected chi connectivity index (χ3v) is 2.85. The second kappa shape index (κ2) is 6.71. The maximum absolute atomic E-state index is 11.7. The summed E-state index contributed by atoms with van der Waals surface area (Å²) in [6.07, 6.45) is 0.391. The van der Waals surface area contributed by atoms with Crippen LogP contribution in [0.1, 0.15) is 16.7 Å². The van der Waals surface area contributed by atoms with E-state index in [1.54, 1.807) is 0 Å². The fraction of sp³-hybridized carbons (Fsp3) is 0.188. The Morgan fingerprint density at radius 2 is 1.63 bits per heavy atom. The molecule has 0 saturated carbocycles. The van der Waals surface area contributed by atoms with Crippen molar-refractivity contribution in [3.63, 3.8) is 0 Å². The van der Waals surface area contributed by atoms with Gasteiger partial charge in [0.25, 0.3) is 0 Å². The highest BCUT2D eigenvalue weighted by Crippen LogP contribution is 2.02. The van der Waals surface area contributed by atoms with Crippen LogP contribution in [0.25, 0.3) is 0 Å². The lowest BCUT2D eigenvalue weighted by Crippen LogP contribution is -2.37.